The van der Waals surface area contributed by atoms with Crippen LogP contribution in [0.5, 0.6) is 0 Å². The van der Waals surface area contributed by atoms with Gasteiger partial charge < -0.3 is 15.4 Å². The van der Waals surface area contributed by atoms with Crippen LogP contribution in [0.3, 0.4) is 0 Å². The number of aryl methyl sites for hydroxylation is 2. The number of nitrogens with one attached hydrogen (secondary N) is 2. The van der Waals surface area contributed by atoms with Crippen LogP contribution in [0, 0.1) is 19.8 Å². The van der Waals surface area contributed by atoms with Gasteiger partial charge in [-0.25, -0.2) is 4.79 Å². The zero-order valence-electron chi connectivity index (χ0n) is 18.2. The van der Waals surface area contributed by atoms with E-state index in [2.05, 4.69) is 10.6 Å². The number of amides is 2. The lowest BCUT2D eigenvalue weighted by atomic mass is 9.98. The fourth-order valence-corrected chi connectivity index (χ4v) is 3.02. The Morgan fingerprint density at radius 3 is 2.10 bits per heavy atom. The largest absolute Gasteiger partial charge is 0.451 e. The Bertz CT molecular complexity index is 875. The molecule has 2 amide bonds. The molecule has 2 aromatic rings. The molecular formula is C24H30N2O4. The molecular weight excluding hydrogens is 380 g/mol. The molecule has 0 unspecified atom stereocenters. The van der Waals surface area contributed by atoms with E-state index in [9.17, 15) is 14.4 Å². The van der Waals surface area contributed by atoms with E-state index in [4.69, 9.17) is 4.74 Å². The van der Waals surface area contributed by atoms with Crippen LogP contribution >= 0.6 is 0 Å². The van der Waals surface area contributed by atoms with Crippen molar-refractivity contribution in [2.75, 3.05) is 5.32 Å². The quantitative estimate of drug-likeness (QED) is 0.644. The maximum absolute atomic E-state index is 12.8. The van der Waals surface area contributed by atoms with Crippen molar-refractivity contribution >= 4 is 23.5 Å². The van der Waals surface area contributed by atoms with Crippen molar-refractivity contribution in [2.24, 2.45) is 5.92 Å². The standard InChI is InChI=1S/C24H30N2O4/c1-6-15(2)21(26-23(28)19-13-8-7-9-14-19)24(29)30-18(5)22(27)25-20-16(3)11-10-12-17(20)4/h7-15,18,21H,6H2,1-5H3,(H,25,27)(H,26,28)/t15-,18+,21-/m0/s1. The fraction of sp³-hybridized carbons (Fsp3) is 0.375. The summed E-state index contributed by atoms with van der Waals surface area (Å²) >= 11 is 0. The molecule has 0 radical (unpaired) electrons. The number of anilines is 1. The van der Waals surface area contributed by atoms with Gasteiger partial charge in [-0.15, -0.1) is 0 Å². The molecule has 0 saturated heterocycles. The van der Waals surface area contributed by atoms with Crippen LogP contribution in [0.25, 0.3) is 0 Å². The van der Waals surface area contributed by atoms with E-state index in [0.717, 1.165) is 11.1 Å². The highest BCUT2D eigenvalue weighted by Crippen LogP contribution is 2.20. The normalized spacial score (nSPS) is 13.6. The molecule has 2 rings (SSSR count). The first-order valence-electron chi connectivity index (χ1n) is 10.2. The summed E-state index contributed by atoms with van der Waals surface area (Å²) in [6.07, 6.45) is -0.339. The molecule has 0 fully saturated rings. The van der Waals surface area contributed by atoms with Crippen LogP contribution in [-0.4, -0.2) is 29.9 Å². The topological polar surface area (TPSA) is 84.5 Å². The van der Waals surface area contributed by atoms with Gasteiger partial charge >= 0.3 is 5.97 Å². The van der Waals surface area contributed by atoms with E-state index in [1.165, 1.54) is 6.92 Å². The van der Waals surface area contributed by atoms with Crippen molar-refractivity contribution in [1.82, 2.24) is 5.32 Å². The average Bonchev–Trinajstić information content (AvgIpc) is 2.74. The summed E-state index contributed by atoms with van der Waals surface area (Å²) in [5.41, 5.74) is 3.02. The second kappa shape index (κ2) is 10.6. The molecule has 0 aromatic heterocycles. The van der Waals surface area contributed by atoms with Crippen LogP contribution in [-0.2, 0) is 14.3 Å². The number of carbonyl (C=O) groups excluding carboxylic acids is 3. The van der Waals surface area contributed by atoms with Gasteiger partial charge in [-0.1, -0.05) is 56.7 Å². The third-order valence-corrected chi connectivity index (χ3v) is 5.18. The molecule has 0 heterocycles. The summed E-state index contributed by atoms with van der Waals surface area (Å²) in [6.45, 7) is 9.11. The van der Waals surface area contributed by atoms with Crippen LogP contribution in [0.15, 0.2) is 48.5 Å². The molecule has 0 aliphatic rings. The Morgan fingerprint density at radius 1 is 0.933 bits per heavy atom. The van der Waals surface area contributed by atoms with E-state index in [0.29, 0.717) is 17.7 Å². The molecule has 0 bridgehead atoms. The predicted molar refractivity (Wildman–Crippen MR) is 117 cm³/mol. The van der Waals surface area contributed by atoms with E-state index >= 15 is 0 Å². The molecule has 2 aromatic carbocycles. The number of ether oxygens (including phenoxy) is 1. The van der Waals surface area contributed by atoms with E-state index < -0.39 is 24.0 Å². The molecule has 3 atom stereocenters. The van der Waals surface area contributed by atoms with Crippen molar-refractivity contribution in [1.29, 1.82) is 0 Å². The SMILES string of the molecule is CC[C@H](C)[C@H](NC(=O)c1ccccc1)C(=O)O[C@H](C)C(=O)Nc1c(C)cccc1C. The highest BCUT2D eigenvalue weighted by Gasteiger charge is 2.30. The summed E-state index contributed by atoms with van der Waals surface area (Å²) in [7, 11) is 0. The molecule has 160 valence electrons. The summed E-state index contributed by atoms with van der Waals surface area (Å²) < 4.78 is 5.42. The maximum Gasteiger partial charge on any atom is 0.329 e. The highest BCUT2D eigenvalue weighted by atomic mass is 16.5. The molecule has 6 heteroatoms. The maximum atomic E-state index is 12.8. The van der Waals surface area contributed by atoms with Crippen LogP contribution in [0.2, 0.25) is 0 Å². The van der Waals surface area contributed by atoms with Gasteiger partial charge in [0.1, 0.15) is 6.04 Å². The third-order valence-electron chi connectivity index (χ3n) is 5.18. The first-order chi connectivity index (χ1) is 14.2. The zero-order chi connectivity index (χ0) is 22.3. The summed E-state index contributed by atoms with van der Waals surface area (Å²) in [4.78, 5) is 37.9. The molecule has 0 saturated carbocycles. The van der Waals surface area contributed by atoms with Gasteiger partial charge in [0.2, 0.25) is 0 Å². The minimum atomic E-state index is -1.00. The number of para-hydroxylation sites is 1. The molecule has 6 nitrogen and oxygen atoms in total. The Morgan fingerprint density at radius 2 is 1.53 bits per heavy atom. The van der Waals surface area contributed by atoms with Crippen molar-refractivity contribution in [3.05, 3.63) is 65.2 Å². The van der Waals surface area contributed by atoms with Crippen molar-refractivity contribution in [3.63, 3.8) is 0 Å². The summed E-state index contributed by atoms with van der Waals surface area (Å²) in [5.74, 6) is -1.56. The lowest BCUT2D eigenvalue weighted by molar-refractivity contribution is -0.156. The first-order valence-corrected chi connectivity index (χ1v) is 10.2. The van der Waals surface area contributed by atoms with Gasteiger partial charge in [0.15, 0.2) is 6.10 Å². The molecule has 0 aliphatic carbocycles. The van der Waals surface area contributed by atoms with E-state index in [1.54, 1.807) is 24.3 Å². The minimum absolute atomic E-state index is 0.154. The second-order valence-corrected chi connectivity index (χ2v) is 7.54. The monoisotopic (exact) mass is 410 g/mol. The van der Waals surface area contributed by atoms with Gasteiger partial charge in [0.05, 0.1) is 0 Å². The lowest BCUT2D eigenvalue weighted by Crippen LogP contribution is -2.47. The molecule has 2 N–H and O–H groups in total. The number of benzene rings is 2. The lowest BCUT2D eigenvalue weighted by Gasteiger charge is -2.24. The number of carbonyl (C=O) groups is 3. The number of hydrogen-bond donors (Lipinski definition) is 2. The zero-order valence-corrected chi connectivity index (χ0v) is 18.2. The smallest absolute Gasteiger partial charge is 0.329 e. The van der Waals surface area contributed by atoms with Crippen LogP contribution < -0.4 is 10.6 Å². The van der Waals surface area contributed by atoms with Gasteiger partial charge in [0, 0.05) is 11.3 Å². The summed E-state index contributed by atoms with van der Waals surface area (Å²) in [6, 6.07) is 13.5. The van der Waals surface area contributed by atoms with Crippen LogP contribution in [0.1, 0.15) is 48.7 Å². The average molecular weight is 411 g/mol. The van der Waals surface area contributed by atoms with E-state index in [1.807, 2.05) is 52.0 Å². The molecule has 0 aliphatic heterocycles. The van der Waals surface area contributed by atoms with E-state index in [-0.39, 0.29) is 11.8 Å². The Labute approximate surface area is 178 Å². The van der Waals surface area contributed by atoms with Crippen molar-refractivity contribution in [2.45, 2.75) is 53.2 Å². The number of esters is 1. The molecule has 0 spiro atoms. The Kier molecular flexibility index (Phi) is 8.16. The first kappa shape index (κ1) is 23.1. The minimum Gasteiger partial charge on any atom is -0.451 e. The van der Waals surface area contributed by atoms with Gasteiger partial charge in [-0.05, 0) is 49.9 Å². The van der Waals surface area contributed by atoms with Gasteiger partial charge in [-0.2, -0.15) is 0 Å². The Hall–Kier alpha value is -3.15. The van der Waals surface area contributed by atoms with Crippen LogP contribution in [0.4, 0.5) is 5.69 Å². The Balaban J connectivity index is 2.07. The predicted octanol–water partition coefficient (Wildman–Crippen LogP) is 4.02. The number of rotatable bonds is 8. The van der Waals surface area contributed by atoms with Crippen molar-refractivity contribution in [3.8, 4) is 0 Å². The third kappa shape index (κ3) is 5.92. The van der Waals surface area contributed by atoms with Crippen molar-refractivity contribution < 1.29 is 19.1 Å². The number of hydrogen-bond acceptors (Lipinski definition) is 4. The second-order valence-electron chi connectivity index (χ2n) is 7.54. The highest BCUT2D eigenvalue weighted by molar-refractivity contribution is 5.98. The van der Waals surface area contributed by atoms with Gasteiger partial charge in [0.25, 0.3) is 11.8 Å². The summed E-state index contributed by atoms with van der Waals surface area (Å²) in [5, 5.41) is 5.58. The van der Waals surface area contributed by atoms with Gasteiger partial charge in [-0.3, -0.25) is 9.59 Å². The fourth-order valence-electron chi connectivity index (χ4n) is 3.02. The molecule has 30 heavy (non-hydrogen) atoms.